The van der Waals surface area contributed by atoms with Crippen molar-refractivity contribution < 1.29 is 12.8 Å². The maximum Gasteiger partial charge on any atom is 0.243 e. The summed E-state index contributed by atoms with van der Waals surface area (Å²) in [6, 6.07) is 17.0. The summed E-state index contributed by atoms with van der Waals surface area (Å²) in [7, 11) is -3.55. The molecule has 3 heterocycles. The van der Waals surface area contributed by atoms with E-state index in [2.05, 4.69) is 4.98 Å². The molecule has 6 nitrogen and oxygen atoms in total. The van der Waals surface area contributed by atoms with Gasteiger partial charge in [-0.3, -0.25) is 0 Å². The standard InChI is InChI=1S/C22H19N3O3S/c26-29(27,25-12-9-19-10-14-28-22(19)15-25)21-7-3-18(4-8-21)17-1-5-20(6-2-17)24-13-11-23-16-24/h1-8,10-11,13-14,16H,9,12,15H2. The molecule has 0 atom stereocenters. The fourth-order valence-corrected chi connectivity index (χ4v) is 5.02. The molecule has 7 heteroatoms. The van der Waals surface area contributed by atoms with Gasteiger partial charge < -0.3 is 8.98 Å². The number of imidazole rings is 1. The van der Waals surface area contributed by atoms with Crippen LogP contribution in [0.4, 0.5) is 0 Å². The summed E-state index contributed by atoms with van der Waals surface area (Å²) in [6.45, 7) is 0.745. The van der Waals surface area contributed by atoms with Crippen molar-refractivity contribution in [3.8, 4) is 16.8 Å². The molecule has 1 aliphatic rings. The van der Waals surface area contributed by atoms with Crippen LogP contribution < -0.4 is 0 Å². The van der Waals surface area contributed by atoms with E-state index in [9.17, 15) is 8.42 Å². The van der Waals surface area contributed by atoms with Crippen LogP contribution >= 0.6 is 0 Å². The van der Waals surface area contributed by atoms with E-state index in [0.29, 0.717) is 17.9 Å². The largest absolute Gasteiger partial charge is 0.468 e. The van der Waals surface area contributed by atoms with Crippen molar-refractivity contribution in [2.24, 2.45) is 0 Å². The fourth-order valence-electron chi connectivity index (χ4n) is 3.62. The number of benzene rings is 2. The predicted octanol–water partition coefficient (Wildman–Crippen LogP) is 3.88. The zero-order valence-electron chi connectivity index (χ0n) is 15.6. The maximum absolute atomic E-state index is 13.0. The summed E-state index contributed by atoms with van der Waals surface area (Å²) in [4.78, 5) is 4.35. The zero-order chi connectivity index (χ0) is 19.8. The summed E-state index contributed by atoms with van der Waals surface area (Å²) >= 11 is 0. The zero-order valence-corrected chi connectivity index (χ0v) is 16.4. The molecule has 1 aliphatic heterocycles. The Morgan fingerprint density at radius 2 is 1.66 bits per heavy atom. The van der Waals surface area contributed by atoms with E-state index in [1.54, 1.807) is 30.9 Å². The van der Waals surface area contributed by atoms with Crippen LogP contribution in [0.25, 0.3) is 16.8 Å². The molecular formula is C22H19N3O3S. The summed E-state index contributed by atoms with van der Waals surface area (Å²) < 4.78 is 34.9. The van der Waals surface area contributed by atoms with Crippen LogP contribution in [0.3, 0.4) is 0 Å². The van der Waals surface area contributed by atoms with Gasteiger partial charge in [-0.05, 0) is 53.4 Å². The van der Waals surface area contributed by atoms with Gasteiger partial charge in [0.05, 0.1) is 24.0 Å². The SMILES string of the molecule is O=S(=O)(c1ccc(-c2ccc(-n3ccnc3)cc2)cc1)N1CCc2ccoc2C1. The lowest BCUT2D eigenvalue weighted by Crippen LogP contribution is -2.35. The topological polar surface area (TPSA) is 68.3 Å². The summed E-state index contributed by atoms with van der Waals surface area (Å²) in [5, 5.41) is 0. The molecule has 4 aromatic rings. The van der Waals surface area contributed by atoms with Gasteiger partial charge in [-0.25, -0.2) is 13.4 Å². The second kappa shape index (κ2) is 7.02. The van der Waals surface area contributed by atoms with Crippen LogP contribution in [0, 0.1) is 0 Å². The second-order valence-electron chi connectivity index (χ2n) is 7.00. The third-order valence-corrected chi connectivity index (χ3v) is 7.14. The molecular weight excluding hydrogens is 386 g/mol. The van der Waals surface area contributed by atoms with E-state index in [-0.39, 0.29) is 6.54 Å². The molecule has 0 saturated heterocycles. The molecule has 0 saturated carbocycles. The molecule has 0 radical (unpaired) electrons. The Hall–Kier alpha value is -3.16. The van der Waals surface area contributed by atoms with Crippen molar-refractivity contribution in [2.75, 3.05) is 6.54 Å². The highest BCUT2D eigenvalue weighted by molar-refractivity contribution is 7.89. The van der Waals surface area contributed by atoms with Crippen LogP contribution in [0.15, 0.2) is 88.9 Å². The van der Waals surface area contributed by atoms with Crippen molar-refractivity contribution >= 4 is 10.0 Å². The monoisotopic (exact) mass is 405 g/mol. The molecule has 146 valence electrons. The minimum Gasteiger partial charge on any atom is -0.468 e. The molecule has 0 amide bonds. The third kappa shape index (κ3) is 3.28. The first-order valence-electron chi connectivity index (χ1n) is 9.35. The molecule has 0 fully saturated rings. The van der Waals surface area contributed by atoms with E-state index in [4.69, 9.17) is 4.42 Å². The van der Waals surface area contributed by atoms with Gasteiger partial charge in [0.25, 0.3) is 0 Å². The number of hydrogen-bond donors (Lipinski definition) is 0. The third-order valence-electron chi connectivity index (χ3n) is 5.28. The average Bonchev–Trinajstić information content (AvgIpc) is 3.45. The Balaban J connectivity index is 1.37. The highest BCUT2D eigenvalue weighted by atomic mass is 32.2. The lowest BCUT2D eigenvalue weighted by atomic mass is 10.1. The lowest BCUT2D eigenvalue weighted by Gasteiger charge is -2.25. The van der Waals surface area contributed by atoms with E-state index in [1.807, 2.05) is 53.2 Å². The Kier molecular flexibility index (Phi) is 4.34. The smallest absolute Gasteiger partial charge is 0.243 e. The van der Waals surface area contributed by atoms with Crippen LogP contribution in [-0.2, 0) is 23.0 Å². The van der Waals surface area contributed by atoms with Crippen LogP contribution in [0.1, 0.15) is 11.3 Å². The van der Waals surface area contributed by atoms with Gasteiger partial charge in [0, 0.05) is 24.6 Å². The molecule has 0 N–H and O–H groups in total. The van der Waals surface area contributed by atoms with Crippen molar-refractivity contribution in [2.45, 2.75) is 17.9 Å². The number of aromatic nitrogens is 2. The molecule has 0 spiro atoms. The highest BCUT2D eigenvalue weighted by Gasteiger charge is 2.29. The van der Waals surface area contributed by atoms with Crippen molar-refractivity contribution in [1.82, 2.24) is 13.9 Å². The van der Waals surface area contributed by atoms with Crippen molar-refractivity contribution in [3.05, 3.63) is 90.9 Å². The summed E-state index contributed by atoms with van der Waals surface area (Å²) in [6.07, 6.45) is 7.67. The Morgan fingerprint density at radius 1 is 0.931 bits per heavy atom. The summed E-state index contributed by atoms with van der Waals surface area (Å²) in [5.74, 6) is 0.731. The molecule has 0 aliphatic carbocycles. The normalized spacial score (nSPS) is 14.6. The van der Waals surface area contributed by atoms with E-state index in [0.717, 1.165) is 28.1 Å². The minimum atomic E-state index is -3.55. The van der Waals surface area contributed by atoms with Crippen molar-refractivity contribution in [1.29, 1.82) is 0 Å². The highest BCUT2D eigenvalue weighted by Crippen LogP contribution is 2.27. The predicted molar refractivity (Wildman–Crippen MR) is 109 cm³/mol. The van der Waals surface area contributed by atoms with Gasteiger partial charge in [-0.15, -0.1) is 0 Å². The summed E-state index contributed by atoms with van der Waals surface area (Å²) in [5.41, 5.74) is 4.10. The number of hydrogen-bond acceptors (Lipinski definition) is 4. The van der Waals surface area contributed by atoms with Crippen LogP contribution in [0.5, 0.6) is 0 Å². The number of sulfonamides is 1. The number of rotatable bonds is 4. The van der Waals surface area contributed by atoms with Gasteiger partial charge >= 0.3 is 0 Å². The second-order valence-corrected chi connectivity index (χ2v) is 8.94. The quantitative estimate of drug-likeness (QED) is 0.517. The van der Waals surface area contributed by atoms with Gasteiger partial charge in [0.2, 0.25) is 10.0 Å². The maximum atomic E-state index is 13.0. The molecule has 2 aromatic carbocycles. The Morgan fingerprint density at radius 3 is 2.34 bits per heavy atom. The molecule has 2 aromatic heterocycles. The first-order chi connectivity index (χ1) is 14.1. The average molecular weight is 405 g/mol. The first-order valence-corrected chi connectivity index (χ1v) is 10.8. The molecule has 5 rings (SSSR count). The van der Waals surface area contributed by atoms with Gasteiger partial charge in [0.15, 0.2) is 0 Å². The van der Waals surface area contributed by atoms with E-state index < -0.39 is 10.0 Å². The van der Waals surface area contributed by atoms with Gasteiger partial charge in [-0.2, -0.15) is 4.31 Å². The number of nitrogens with zero attached hydrogens (tertiary/aromatic N) is 3. The van der Waals surface area contributed by atoms with Crippen molar-refractivity contribution in [3.63, 3.8) is 0 Å². The lowest BCUT2D eigenvalue weighted by molar-refractivity contribution is 0.343. The molecule has 29 heavy (non-hydrogen) atoms. The number of fused-ring (bicyclic) bond motifs is 1. The van der Waals surface area contributed by atoms with E-state index in [1.165, 1.54) is 4.31 Å². The minimum absolute atomic E-state index is 0.280. The molecule has 0 unspecified atom stereocenters. The molecule has 0 bridgehead atoms. The van der Waals surface area contributed by atoms with Gasteiger partial charge in [0.1, 0.15) is 5.76 Å². The fraction of sp³-hybridized carbons (Fsp3) is 0.136. The van der Waals surface area contributed by atoms with E-state index >= 15 is 0 Å². The van der Waals surface area contributed by atoms with Crippen LogP contribution in [0.2, 0.25) is 0 Å². The Labute approximate surface area is 169 Å². The van der Waals surface area contributed by atoms with Gasteiger partial charge in [-0.1, -0.05) is 24.3 Å². The Bertz CT molecular complexity index is 1230. The number of furan rings is 1. The first kappa shape index (κ1) is 17.9. The van der Waals surface area contributed by atoms with Crippen LogP contribution in [-0.4, -0.2) is 28.8 Å².